The van der Waals surface area contributed by atoms with Crippen molar-refractivity contribution in [1.29, 1.82) is 0 Å². The number of hydrogen-bond donors (Lipinski definition) is 3. The maximum Gasteiger partial charge on any atom is 0.472 e. The Bertz CT molecular complexity index is 2030. The van der Waals surface area contributed by atoms with Gasteiger partial charge in [-0.2, -0.15) is 0 Å². The van der Waals surface area contributed by atoms with Gasteiger partial charge in [0.15, 0.2) is 12.2 Å². The molecule has 3 unspecified atom stereocenters. The van der Waals surface area contributed by atoms with Gasteiger partial charge < -0.3 is 33.8 Å². The van der Waals surface area contributed by atoms with E-state index in [9.17, 15) is 43.2 Å². The molecule has 0 rings (SSSR count). The maximum absolute atomic E-state index is 13.1. The van der Waals surface area contributed by atoms with Gasteiger partial charge in [0, 0.05) is 25.7 Å². The first kappa shape index (κ1) is 102. The van der Waals surface area contributed by atoms with Gasteiger partial charge in [-0.25, -0.2) is 9.13 Å². The van der Waals surface area contributed by atoms with Gasteiger partial charge in [0.1, 0.15) is 19.3 Å². The van der Waals surface area contributed by atoms with Crippen molar-refractivity contribution in [2.24, 2.45) is 23.7 Å². The molecule has 0 aliphatic rings. The zero-order chi connectivity index (χ0) is 76.7. The molecular formula is C85H166O17P2. The van der Waals surface area contributed by atoms with Crippen molar-refractivity contribution in [3.8, 4) is 0 Å². The number of esters is 4. The number of phosphoric acid groups is 2. The van der Waals surface area contributed by atoms with Crippen molar-refractivity contribution in [2.75, 3.05) is 39.6 Å². The van der Waals surface area contributed by atoms with E-state index in [-0.39, 0.29) is 25.7 Å². The minimum Gasteiger partial charge on any atom is -0.462 e. The van der Waals surface area contributed by atoms with Gasteiger partial charge in [-0.15, -0.1) is 0 Å². The highest BCUT2D eigenvalue weighted by Crippen LogP contribution is 2.45. The summed E-state index contributed by atoms with van der Waals surface area (Å²) in [4.78, 5) is 73.1. The lowest BCUT2D eigenvalue weighted by Crippen LogP contribution is -2.30. The molecule has 0 aromatic heterocycles. The van der Waals surface area contributed by atoms with Gasteiger partial charge in [-0.1, -0.05) is 389 Å². The molecule has 0 bridgehead atoms. The number of phosphoric ester groups is 2. The standard InChI is InChI=1S/C85H166O17P2/c1-9-78(8)64-56-48-39-33-27-21-16-17-23-29-35-41-51-59-67-84(89)101-80(71-95-82(87)65-57-49-40-34-28-22-15-13-11-10-12-14-19-25-31-37-45-53-61-75(2)3)73-99-103(91,92)97-69-79(86)70-98-104(93,94)100-74-81(72-96-83(88)66-58-50-44-43-47-55-63-77(6)7)102-85(90)68-60-52-42-36-30-24-18-20-26-32-38-46-54-62-76(4)5/h75-81,86H,9-74H2,1-8H3,(H,91,92)(H,93,94)/t78?,79-,80-,81-/m1/s1. The van der Waals surface area contributed by atoms with Gasteiger partial charge in [0.05, 0.1) is 26.4 Å². The topological polar surface area (TPSA) is 237 Å². The first-order valence-electron chi connectivity index (χ1n) is 43.7. The van der Waals surface area contributed by atoms with E-state index in [1.807, 2.05) is 0 Å². The lowest BCUT2D eigenvalue weighted by molar-refractivity contribution is -0.161. The van der Waals surface area contributed by atoms with Crippen LogP contribution in [0.2, 0.25) is 0 Å². The van der Waals surface area contributed by atoms with Crippen LogP contribution in [-0.4, -0.2) is 96.7 Å². The van der Waals surface area contributed by atoms with Crippen molar-refractivity contribution >= 4 is 39.5 Å². The van der Waals surface area contributed by atoms with Crippen LogP contribution in [0, 0.1) is 23.7 Å². The Hall–Kier alpha value is -1.94. The molecule has 0 aromatic rings. The molecule has 0 saturated carbocycles. The monoisotopic (exact) mass is 1520 g/mol. The molecule has 0 heterocycles. The highest BCUT2D eigenvalue weighted by Gasteiger charge is 2.30. The molecule has 0 aliphatic heterocycles. The van der Waals surface area contributed by atoms with Crippen molar-refractivity contribution < 1.29 is 80.2 Å². The first-order valence-corrected chi connectivity index (χ1v) is 46.7. The lowest BCUT2D eigenvalue weighted by atomic mass is 9.99. The summed E-state index contributed by atoms with van der Waals surface area (Å²) in [5.41, 5.74) is 0. The molecule has 0 aliphatic carbocycles. The molecule has 0 radical (unpaired) electrons. The Morgan fingerprint density at radius 1 is 0.269 bits per heavy atom. The van der Waals surface area contributed by atoms with Gasteiger partial charge in [-0.05, 0) is 49.4 Å². The first-order chi connectivity index (χ1) is 50.1. The van der Waals surface area contributed by atoms with Gasteiger partial charge in [-0.3, -0.25) is 37.3 Å². The number of aliphatic hydroxyl groups excluding tert-OH is 1. The fraction of sp³-hybridized carbons (Fsp3) is 0.953. The van der Waals surface area contributed by atoms with Crippen LogP contribution in [-0.2, 0) is 65.4 Å². The minimum atomic E-state index is -4.97. The smallest absolute Gasteiger partial charge is 0.462 e. The fourth-order valence-corrected chi connectivity index (χ4v) is 14.7. The number of hydrogen-bond acceptors (Lipinski definition) is 15. The van der Waals surface area contributed by atoms with E-state index in [1.54, 1.807) is 0 Å². The fourth-order valence-electron chi connectivity index (χ4n) is 13.1. The largest absolute Gasteiger partial charge is 0.472 e. The minimum absolute atomic E-state index is 0.106. The van der Waals surface area contributed by atoms with Crippen LogP contribution in [0.15, 0.2) is 0 Å². The third kappa shape index (κ3) is 76.8. The molecule has 104 heavy (non-hydrogen) atoms. The Labute approximate surface area is 638 Å². The van der Waals surface area contributed by atoms with Gasteiger partial charge in [0.25, 0.3) is 0 Å². The van der Waals surface area contributed by atoms with E-state index < -0.39 is 97.5 Å². The average molecular weight is 1520 g/mol. The SMILES string of the molecule is CCC(C)CCCCCCCCCCCCCCCCC(=O)O[C@H](COC(=O)CCCCCCCCCCCCCCCCCCCCC(C)C)COP(=O)(O)OC[C@@H](O)COP(=O)(O)OC[C@@H](COC(=O)CCCCCCCCC(C)C)OC(=O)CCCCCCCCCCCCCCCC(C)C. The molecule has 0 saturated heterocycles. The quantitative estimate of drug-likeness (QED) is 0.0222. The zero-order valence-electron chi connectivity index (χ0n) is 68.7. The van der Waals surface area contributed by atoms with Crippen LogP contribution in [0.25, 0.3) is 0 Å². The van der Waals surface area contributed by atoms with Gasteiger partial charge in [0.2, 0.25) is 0 Å². The van der Waals surface area contributed by atoms with Crippen molar-refractivity contribution in [1.82, 2.24) is 0 Å². The van der Waals surface area contributed by atoms with Crippen LogP contribution >= 0.6 is 15.6 Å². The number of unbranched alkanes of at least 4 members (excludes halogenated alkanes) is 47. The predicted molar refractivity (Wildman–Crippen MR) is 428 cm³/mol. The molecule has 19 heteroatoms. The second-order valence-corrected chi connectivity index (χ2v) is 35.2. The third-order valence-electron chi connectivity index (χ3n) is 20.2. The summed E-state index contributed by atoms with van der Waals surface area (Å²) in [6, 6.07) is 0. The summed E-state index contributed by atoms with van der Waals surface area (Å²) >= 11 is 0. The molecular weight excluding hydrogens is 1350 g/mol. The molecule has 0 aromatic carbocycles. The summed E-state index contributed by atoms with van der Waals surface area (Å²) in [7, 11) is -9.93. The highest BCUT2D eigenvalue weighted by atomic mass is 31.2. The van der Waals surface area contributed by atoms with Gasteiger partial charge >= 0.3 is 39.5 Å². The van der Waals surface area contributed by atoms with E-state index in [0.717, 1.165) is 114 Å². The van der Waals surface area contributed by atoms with E-state index in [4.69, 9.17) is 37.0 Å². The number of carbonyl (C=O) groups is 4. The number of ether oxygens (including phenoxy) is 4. The predicted octanol–water partition coefficient (Wildman–Crippen LogP) is 25.6. The summed E-state index contributed by atoms with van der Waals surface area (Å²) < 4.78 is 68.8. The van der Waals surface area contributed by atoms with Crippen LogP contribution < -0.4 is 0 Å². The molecule has 0 amide bonds. The van der Waals surface area contributed by atoms with Crippen LogP contribution in [0.3, 0.4) is 0 Å². The zero-order valence-corrected chi connectivity index (χ0v) is 70.5. The Morgan fingerprint density at radius 2 is 0.462 bits per heavy atom. The third-order valence-corrected chi connectivity index (χ3v) is 22.1. The van der Waals surface area contributed by atoms with E-state index >= 15 is 0 Å². The van der Waals surface area contributed by atoms with Crippen LogP contribution in [0.4, 0.5) is 0 Å². The summed E-state index contributed by atoms with van der Waals surface area (Å²) in [5.74, 6) is 1.02. The van der Waals surface area contributed by atoms with E-state index in [2.05, 4.69) is 55.4 Å². The van der Waals surface area contributed by atoms with Crippen molar-refractivity contribution in [2.45, 2.75) is 459 Å². The normalized spacial score (nSPS) is 14.2. The van der Waals surface area contributed by atoms with Crippen LogP contribution in [0.1, 0.15) is 441 Å². The summed E-state index contributed by atoms with van der Waals surface area (Å²) in [6.45, 7) is 14.3. The highest BCUT2D eigenvalue weighted by molar-refractivity contribution is 7.47. The van der Waals surface area contributed by atoms with E-state index in [1.165, 1.54) is 238 Å². The molecule has 3 N–H and O–H groups in total. The van der Waals surface area contributed by atoms with Crippen LogP contribution in [0.5, 0.6) is 0 Å². The Balaban J connectivity index is 5.21. The van der Waals surface area contributed by atoms with Crippen molar-refractivity contribution in [3.05, 3.63) is 0 Å². The lowest BCUT2D eigenvalue weighted by Gasteiger charge is -2.21. The molecule has 0 spiro atoms. The average Bonchev–Trinajstić information content (AvgIpc) is 0.901. The Kier molecular flexibility index (Phi) is 72.5. The molecule has 6 atom stereocenters. The number of rotatable bonds is 82. The molecule has 618 valence electrons. The second-order valence-electron chi connectivity index (χ2n) is 32.2. The van der Waals surface area contributed by atoms with E-state index in [0.29, 0.717) is 31.6 Å². The van der Waals surface area contributed by atoms with Crippen molar-refractivity contribution in [3.63, 3.8) is 0 Å². The molecule has 0 fully saturated rings. The Morgan fingerprint density at radius 3 is 0.683 bits per heavy atom. The second kappa shape index (κ2) is 73.8. The summed E-state index contributed by atoms with van der Waals surface area (Å²) in [6.07, 6.45) is 62.6. The summed E-state index contributed by atoms with van der Waals surface area (Å²) in [5, 5.41) is 10.7. The molecule has 17 nitrogen and oxygen atoms in total. The maximum atomic E-state index is 13.1. The number of aliphatic hydroxyl groups is 1. The number of carbonyl (C=O) groups excluding carboxylic acids is 4.